The zero-order chi connectivity index (χ0) is 9.42. The van der Waals surface area contributed by atoms with Crippen molar-refractivity contribution in [2.75, 3.05) is 18.0 Å². The minimum Gasteiger partial charge on any atom is -0.493 e. The highest BCUT2D eigenvalue weighted by Gasteiger charge is 2.27. The molecule has 2 rings (SSSR count). The second-order valence-corrected chi connectivity index (χ2v) is 4.68. The van der Waals surface area contributed by atoms with Crippen LogP contribution in [0.3, 0.4) is 0 Å². The molecular formula is C9H14N2OS. The van der Waals surface area contributed by atoms with Crippen LogP contribution < -0.4 is 4.90 Å². The largest absolute Gasteiger partial charge is 0.493 e. The van der Waals surface area contributed by atoms with Crippen molar-refractivity contribution in [2.24, 2.45) is 11.8 Å². The van der Waals surface area contributed by atoms with Crippen LogP contribution in [-0.4, -0.2) is 23.2 Å². The minimum absolute atomic E-state index is 0.146. The van der Waals surface area contributed by atoms with E-state index in [1.165, 1.54) is 11.3 Å². The van der Waals surface area contributed by atoms with Gasteiger partial charge in [-0.1, -0.05) is 13.8 Å². The molecule has 0 amide bonds. The lowest BCUT2D eigenvalue weighted by Gasteiger charge is -2.13. The van der Waals surface area contributed by atoms with Gasteiger partial charge in [0.15, 0.2) is 5.13 Å². The molecule has 1 fully saturated rings. The molecule has 1 aliphatic rings. The van der Waals surface area contributed by atoms with Crippen LogP contribution in [0.2, 0.25) is 0 Å². The summed E-state index contributed by atoms with van der Waals surface area (Å²) < 4.78 is 0. The Morgan fingerprint density at radius 1 is 1.46 bits per heavy atom. The average Bonchev–Trinajstić information content (AvgIpc) is 2.61. The summed E-state index contributed by atoms with van der Waals surface area (Å²) in [5.74, 6) is 1.60. The predicted molar refractivity (Wildman–Crippen MR) is 54.3 cm³/mol. The van der Waals surface area contributed by atoms with Crippen LogP contribution in [0.15, 0.2) is 5.38 Å². The molecule has 4 heteroatoms. The third-order valence-corrected chi connectivity index (χ3v) is 3.63. The fraction of sp³-hybridized carbons (Fsp3) is 0.667. The molecule has 13 heavy (non-hydrogen) atoms. The Morgan fingerprint density at radius 3 is 2.54 bits per heavy atom. The molecule has 72 valence electrons. The molecule has 1 N–H and O–H groups in total. The summed E-state index contributed by atoms with van der Waals surface area (Å²) in [7, 11) is 0. The number of nitrogens with zero attached hydrogens (tertiary/aromatic N) is 2. The highest BCUT2D eigenvalue weighted by Crippen LogP contribution is 2.31. The first-order valence-corrected chi connectivity index (χ1v) is 5.44. The summed E-state index contributed by atoms with van der Waals surface area (Å²) in [6.45, 7) is 6.65. The van der Waals surface area contributed by atoms with Gasteiger partial charge in [0.2, 0.25) is 5.88 Å². The molecule has 0 aliphatic carbocycles. The summed E-state index contributed by atoms with van der Waals surface area (Å²) >= 11 is 1.52. The molecule has 0 spiro atoms. The Bertz CT molecular complexity index is 290. The first-order chi connectivity index (χ1) is 6.16. The van der Waals surface area contributed by atoms with Crippen molar-refractivity contribution in [1.82, 2.24) is 4.98 Å². The number of hydrogen-bond donors (Lipinski definition) is 1. The summed E-state index contributed by atoms with van der Waals surface area (Å²) in [5.41, 5.74) is 0. The molecule has 2 unspecified atom stereocenters. The van der Waals surface area contributed by atoms with Crippen molar-refractivity contribution >= 4 is 16.5 Å². The normalized spacial score (nSPS) is 28.3. The van der Waals surface area contributed by atoms with Gasteiger partial charge in [0, 0.05) is 13.1 Å². The Morgan fingerprint density at radius 2 is 2.08 bits per heavy atom. The van der Waals surface area contributed by atoms with Crippen molar-refractivity contribution in [2.45, 2.75) is 13.8 Å². The van der Waals surface area contributed by atoms with Crippen LogP contribution in [0.1, 0.15) is 13.8 Å². The molecule has 2 atom stereocenters. The van der Waals surface area contributed by atoms with Crippen LogP contribution in [0.4, 0.5) is 5.13 Å². The first-order valence-electron chi connectivity index (χ1n) is 4.56. The lowest BCUT2D eigenvalue weighted by Crippen LogP contribution is -2.18. The molecule has 1 saturated heterocycles. The molecule has 0 saturated carbocycles. The minimum atomic E-state index is 0.146. The molecule has 3 nitrogen and oxygen atoms in total. The van der Waals surface area contributed by atoms with E-state index in [-0.39, 0.29) is 5.88 Å². The zero-order valence-electron chi connectivity index (χ0n) is 7.90. The molecule has 1 aromatic rings. The summed E-state index contributed by atoms with van der Waals surface area (Å²) in [5, 5.41) is 11.8. The van der Waals surface area contributed by atoms with E-state index in [1.54, 1.807) is 5.38 Å². The zero-order valence-corrected chi connectivity index (χ0v) is 8.71. The van der Waals surface area contributed by atoms with E-state index in [0.29, 0.717) is 0 Å². The van der Waals surface area contributed by atoms with Gasteiger partial charge in [0.25, 0.3) is 0 Å². The van der Waals surface area contributed by atoms with E-state index < -0.39 is 0 Å². The van der Waals surface area contributed by atoms with E-state index in [0.717, 1.165) is 30.1 Å². The van der Waals surface area contributed by atoms with Crippen LogP contribution in [0, 0.1) is 11.8 Å². The number of aromatic hydroxyl groups is 1. The average molecular weight is 198 g/mol. The van der Waals surface area contributed by atoms with Gasteiger partial charge in [-0.2, -0.15) is 4.98 Å². The molecule has 2 heterocycles. The van der Waals surface area contributed by atoms with Gasteiger partial charge in [-0.3, -0.25) is 0 Å². The van der Waals surface area contributed by atoms with Gasteiger partial charge >= 0.3 is 0 Å². The monoisotopic (exact) mass is 198 g/mol. The second-order valence-electron chi connectivity index (χ2n) is 3.85. The van der Waals surface area contributed by atoms with E-state index >= 15 is 0 Å². The highest BCUT2D eigenvalue weighted by molar-refractivity contribution is 7.13. The smallest absolute Gasteiger partial charge is 0.223 e. The highest BCUT2D eigenvalue weighted by atomic mass is 32.1. The number of rotatable bonds is 1. The Balaban J connectivity index is 2.11. The van der Waals surface area contributed by atoms with Gasteiger partial charge in [0.1, 0.15) is 0 Å². The van der Waals surface area contributed by atoms with Crippen molar-refractivity contribution in [3.05, 3.63) is 5.38 Å². The summed E-state index contributed by atoms with van der Waals surface area (Å²) in [4.78, 5) is 6.31. The first kappa shape index (κ1) is 8.81. The molecule has 0 aromatic carbocycles. The maximum absolute atomic E-state index is 9.12. The summed E-state index contributed by atoms with van der Waals surface area (Å²) in [6.07, 6.45) is 0. The van der Waals surface area contributed by atoms with Gasteiger partial charge in [-0.15, -0.1) is 11.3 Å². The van der Waals surface area contributed by atoms with Crippen LogP contribution in [0.25, 0.3) is 0 Å². The van der Waals surface area contributed by atoms with Crippen molar-refractivity contribution < 1.29 is 5.11 Å². The van der Waals surface area contributed by atoms with Crippen molar-refractivity contribution in [1.29, 1.82) is 0 Å². The van der Waals surface area contributed by atoms with Crippen LogP contribution in [0.5, 0.6) is 5.88 Å². The van der Waals surface area contributed by atoms with Gasteiger partial charge < -0.3 is 10.0 Å². The Hall–Kier alpha value is -0.770. The maximum Gasteiger partial charge on any atom is 0.223 e. The van der Waals surface area contributed by atoms with E-state index in [1.807, 2.05) is 0 Å². The SMILES string of the molecule is CC1CN(c2nc(O)cs2)CC1C. The second kappa shape index (κ2) is 3.18. The fourth-order valence-corrected chi connectivity index (χ4v) is 2.40. The van der Waals surface area contributed by atoms with Crippen LogP contribution in [-0.2, 0) is 0 Å². The standard InChI is InChI=1S/C9H14N2OS/c1-6-3-11(4-7(6)2)9-10-8(12)5-13-9/h5-7,12H,3-4H2,1-2H3. The van der Waals surface area contributed by atoms with Crippen LogP contribution >= 0.6 is 11.3 Å². The van der Waals surface area contributed by atoms with E-state index in [2.05, 4.69) is 23.7 Å². The van der Waals surface area contributed by atoms with E-state index in [4.69, 9.17) is 5.11 Å². The Labute approximate surface area is 82.0 Å². The van der Waals surface area contributed by atoms with E-state index in [9.17, 15) is 0 Å². The number of thiazole rings is 1. The van der Waals surface area contributed by atoms with Gasteiger partial charge in [-0.25, -0.2) is 0 Å². The third kappa shape index (κ3) is 1.63. The third-order valence-electron chi connectivity index (χ3n) is 2.74. The lowest BCUT2D eigenvalue weighted by atomic mass is 10.0. The van der Waals surface area contributed by atoms with Crippen molar-refractivity contribution in [3.8, 4) is 5.88 Å². The van der Waals surface area contributed by atoms with Gasteiger partial charge in [-0.05, 0) is 11.8 Å². The number of aromatic nitrogens is 1. The fourth-order valence-electron chi connectivity index (χ4n) is 1.69. The topological polar surface area (TPSA) is 36.4 Å². The molecule has 0 radical (unpaired) electrons. The Kier molecular flexibility index (Phi) is 2.15. The predicted octanol–water partition coefficient (Wildman–Crippen LogP) is 1.94. The maximum atomic E-state index is 9.12. The van der Waals surface area contributed by atoms with Crippen molar-refractivity contribution in [3.63, 3.8) is 0 Å². The molecular weight excluding hydrogens is 184 g/mol. The number of hydrogen-bond acceptors (Lipinski definition) is 4. The van der Waals surface area contributed by atoms with Gasteiger partial charge in [0.05, 0.1) is 5.38 Å². The molecule has 1 aromatic heterocycles. The molecule has 0 bridgehead atoms. The lowest BCUT2D eigenvalue weighted by molar-refractivity contribution is 0.457. The quantitative estimate of drug-likeness (QED) is 0.749. The molecule has 1 aliphatic heterocycles. The summed E-state index contributed by atoms with van der Waals surface area (Å²) in [6, 6.07) is 0. The number of anilines is 1.